The second kappa shape index (κ2) is 5.11. The van der Waals surface area contributed by atoms with Gasteiger partial charge in [-0.2, -0.15) is 0 Å². The van der Waals surface area contributed by atoms with E-state index >= 15 is 0 Å². The van der Waals surface area contributed by atoms with Crippen molar-refractivity contribution in [2.45, 2.75) is 31.1 Å². The minimum atomic E-state index is -2.22. The van der Waals surface area contributed by atoms with Crippen LogP contribution in [0.15, 0.2) is 15.8 Å². The molecule has 2 rings (SSSR count). The second-order valence-electron chi connectivity index (χ2n) is 4.59. The Kier molecular flexibility index (Phi) is 3.80. The fourth-order valence-corrected chi connectivity index (χ4v) is 2.14. The zero-order chi connectivity index (χ0) is 15.1. The molecule has 9 heteroatoms. The highest BCUT2D eigenvalue weighted by Crippen LogP contribution is 2.38. The van der Waals surface area contributed by atoms with Crippen LogP contribution in [0.5, 0.6) is 0 Å². The van der Waals surface area contributed by atoms with Crippen LogP contribution in [0.25, 0.3) is 0 Å². The molecular weight excluding hydrogens is 272 g/mol. The topological polar surface area (TPSA) is 134 Å². The lowest BCUT2D eigenvalue weighted by Gasteiger charge is -2.29. The van der Waals surface area contributed by atoms with Gasteiger partial charge in [0.25, 0.3) is 5.56 Å². The summed E-state index contributed by atoms with van der Waals surface area (Å²) in [5.41, 5.74) is -1.18. The number of nitrogens with zero attached hydrogens (tertiary/aromatic N) is 1. The van der Waals surface area contributed by atoms with E-state index < -0.39 is 42.1 Å². The van der Waals surface area contributed by atoms with Gasteiger partial charge in [-0.1, -0.05) is 0 Å². The largest absolute Gasteiger partial charge is 0.394 e. The van der Waals surface area contributed by atoms with Gasteiger partial charge in [0.15, 0.2) is 6.23 Å². The first-order chi connectivity index (χ1) is 9.35. The van der Waals surface area contributed by atoms with Crippen molar-refractivity contribution < 1.29 is 24.8 Å². The quantitative estimate of drug-likeness (QED) is 0.449. The molecule has 112 valence electrons. The molecular formula is C11H16N2O7. The summed E-state index contributed by atoms with van der Waals surface area (Å²) in [6.45, 7) is 0.899. The standard InChI is InChI=1S/C11H16N2O7/c1-5-3-13(10(17)12-8(5)16)9-11(18,19-2)7(15)6(4-14)20-9/h3,6-7,9,14-15,18H,4H2,1-2H3,(H,12,16,17)/t6-,7-,9-,11+/m1/s1. The summed E-state index contributed by atoms with van der Waals surface area (Å²) < 4.78 is 11.0. The molecule has 0 unspecified atom stereocenters. The summed E-state index contributed by atoms with van der Waals surface area (Å²) in [6.07, 6.45) is -2.89. The van der Waals surface area contributed by atoms with Crippen molar-refractivity contribution in [3.8, 4) is 0 Å². The first kappa shape index (κ1) is 14.9. The molecule has 0 saturated carbocycles. The van der Waals surface area contributed by atoms with E-state index in [0.717, 1.165) is 11.7 Å². The van der Waals surface area contributed by atoms with E-state index in [1.807, 2.05) is 0 Å². The summed E-state index contributed by atoms with van der Waals surface area (Å²) in [7, 11) is 1.13. The fourth-order valence-electron chi connectivity index (χ4n) is 2.14. The lowest BCUT2D eigenvalue weighted by atomic mass is 10.1. The first-order valence-electron chi connectivity index (χ1n) is 5.89. The van der Waals surface area contributed by atoms with Crippen LogP contribution in [-0.2, 0) is 9.47 Å². The number of aliphatic hydroxyl groups is 3. The predicted octanol–water partition coefficient (Wildman–Crippen LogP) is -2.57. The van der Waals surface area contributed by atoms with Gasteiger partial charge in [-0.05, 0) is 6.92 Å². The summed E-state index contributed by atoms with van der Waals surface area (Å²) in [5, 5.41) is 29.3. The Morgan fingerprint density at radius 1 is 1.55 bits per heavy atom. The van der Waals surface area contributed by atoms with Crippen molar-refractivity contribution in [1.82, 2.24) is 9.55 Å². The zero-order valence-corrected chi connectivity index (χ0v) is 10.9. The Balaban J connectivity index is 2.54. The maximum atomic E-state index is 11.8. The van der Waals surface area contributed by atoms with E-state index in [1.165, 1.54) is 13.1 Å². The van der Waals surface area contributed by atoms with Crippen molar-refractivity contribution >= 4 is 0 Å². The number of aryl methyl sites for hydroxylation is 1. The van der Waals surface area contributed by atoms with Gasteiger partial charge in [0, 0.05) is 18.9 Å². The van der Waals surface area contributed by atoms with Crippen molar-refractivity contribution in [3.63, 3.8) is 0 Å². The second-order valence-corrected chi connectivity index (χ2v) is 4.59. The van der Waals surface area contributed by atoms with Gasteiger partial charge < -0.3 is 24.8 Å². The Labute approximate surface area is 113 Å². The Hall–Kier alpha value is -1.52. The highest BCUT2D eigenvalue weighted by molar-refractivity contribution is 5.04. The number of aliphatic hydroxyl groups excluding tert-OH is 2. The van der Waals surface area contributed by atoms with Gasteiger partial charge in [-0.25, -0.2) is 4.79 Å². The lowest BCUT2D eigenvalue weighted by Crippen LogP contribution is -2.50. The van der Waals surface area contributed by atoms with Crippen molar-refractivity contribution in [3.05, 3.63) is 32.6 Å². The van der Waals surface area contributed by atoms with E-state index in [4.69, 9.17) is 14.6 Å². The summed E-state index contributed by atoms with van der Waals surface area (Å²) in [5.74, 6) is -2.22. The van der Waals surface area contributed by atoms with Crippen LogP contribution in [0.1, 0.15) is 11.8 Å². The highest BCUT2D eigenvalue weighted by Gasteiger charge is 2.57. The van der Waals surface area contributed by atoms with E-state index in [2.05, 4.69) is 4.98 Å². The minimum Gasteiger partial charge on any atom is -0.394 e. The molecule has 2 heterocycles. The fraction of sp³-hybridized carbons (Fsp3) is 0.636. The Bertz CT molecular complexity index is 610. The lowest BCUT2D eigenvalue weighted by molar-refractivity contribution is -0.265. The molecule has 4 N–H and O–H groups in total. The minimum absolute atomic E-state index is 0.216. The molecule has 0 aliphatic carbocycles. The number of H-pyrrole nitrogens is 1. The molecule has 1 aliphatic heterocycles. The molecule has 1 aromatic heterocycles. The van der Waals surface area contributed by atoms with Crippen molar-refractivity contribution in [2.24, 2.45) is 0 Å². The van der Waals surface area contributed by atoms with Gasteiger partial charge in [0.1, 0.15) is 12.2 Å². The van der Waals surface area contributed by atoms with Crippen LogP contribution < -0.4 is 11.2 Å². The maximum Gasteiger partial charge on any atom is 0.330 e. The van der Waals surface area contributed by atoms with Gasteiger partial charge >= 0.3 is 5.69 Å². The average molecular weight is 288 g/mol. The number of methoxy groups -OCH3 is 1. The molecule has 0 amide bonds. The van der Waals surface area contributed by atoms with E-state index in [9.17, 15) is 19.8 Å². The molecule has 0 bridgehead atoms. The Morgan fingerprint density at radius 2 is 2.20 bits per heavy atom. The smallest absolute Gasteiger partial charge is 0.330 e. The summed E-state index contributed by atoms with van der Waals surface area (Å²) >= 11 is 0. The monoisotopic (exact) mass is 288 g/mol. The molecule has 20 heavy (non-hydrogen) atoms. The molecule has 4 atom stereocenters. The molecule has 1 fully saturated rings. The van der Waals surface area contributed by atoms with Gasteiger partial charge in [-0.3, -0.25) is 14.3 Å². The normalized spacial score (nSPS) is 33.5. The first-order valence-corrected chi connectivity index (χ1v) is 5.89. The maximum absolute atomic E-state index is 11.8. The highest BCUT2D eigenvalue weighted by atomic mass is 16.7. The van der Waals surface area contributed by atoms with Crippen LogP contribution in [0.3, 0.4) is 0 Å². The van der Waals surface area contributed by atoms with E-state index in [1.54, 1.807) is 0 Å². The number of rotatable bonds is 3. The molecule has 1 aromatic rings. The molecule has 1 aliphatic rings. The van der Waals surface area contributed by atoms with Gasteiger partial charge in [-0.15, -0.1) is 0 Å². The van der Waals surface area contributed by atoms with Crippen LogP contribution >= 0.6 is 0 Å². The predicted molar refractivity (Wildman–Crippen MR) is 65.0 cm³/mol. The van der Waals surface area contributed by atoms with E-state index in [-0.39, 0.29) is 5.56 Å². The molecule has 0 aromatic carbocycles. The third-order valence-electron chi connectivity index (χ3n) is 3.34. The number of nitrogens with one attached hydrogen (secondary N) is 1. The third kappa shape index (κ3) is 2.09. The average Bonchev–Trinajstić information content (AvgIpc) is 2.67. The summed E-state index contributed by atoms with van der Waals surface area (Å²) in [6, 6.07) is 0. The van der Waals surface area contributed by atoms with Crippen LogP contribution in [0, 0.1) is 6.92 Å². The summed E-state index contributed by atoms with van der Waals surface area (Å²) in [4.78, 5) is 25.2. The number of aromatic nitrogens is 2. The Morgan fingerprint density at radius 3 is 2.75 bits per heavy atom. The van der Waals surface area contributed by atoms with Crippen LogP contribution in [-0.4, -0.2) is 56.6 Å². The van der Waals surface area contributed by atoms with Gasteiger partial charge in [0.2, 0.25) is 5.79 Å². The number of hydrogen-bond acceptors (Lipinski definition) is 7. The molecule has 9 nitrogen and oxygen atoms in total. The number of aromatic amines is 1. The van der Waals surface area contributed by atoms with E-state index in [0.29, 0.717) is 0 Å². The van der Waals surface area contributed by atoms with Gasteiger partial charge in [0.05, 0.1) is 6.61 Å². The molecule has 0 radical (unpaired) electrons. The number of ether oxygens (including phenoxy) is 2. The van der Waals surface area contributed by atoms with Crippen molar-refractivity contribution in [1.29, 1.82) is 0 Å². The van der Waals surface area contributed by atoms with Crippen LogP contribution in [0.4, 0.5) is 0 Å². The molecule has 1 saturated heterocycles. The van der Waals surface area contributed by atoms with Crippen molar-refractivity contribution in [2.75, 3.05) is 13.7 Å². The number of hydrogen-bond donors (Lipinski definition) is 4. The van der Waals surface area contributed by atoms with Crippen LogP contribution in [0.2, 0.25) is 0 Å². The SMILES string of the molecule is CO[C@@]1(O)[C@H](O)[C@@H](CO)O[C@H]1n1cc(C)c(=O)[nH]c1=O. The third-order valence-corrected chi connectivity index (χ3v) is 3.34. The zero-order valence-electron chi connectivity index (χ0n) is 10.9. The molecule has 0 spiro atoms.